The molecular formula is C12H19ClN2O3. The molecule has 0 aliphatic carbocycles. The fourth-order valence-corrected chi connectivity index (χ4v) is 2.56. The molecule has 18 heavy (non-hydrogen) atoms. The molecule has 6 heteroatoms. The van der Waals surface area contributed by atoms with Crippen molar-refractivity contribution >= 4 is 23.4 Å². The smallest absolute Gasteiger partial charge is 0.251 e. The Bertz CT molecular complexity index is 310. The highest BCUT2D eigenvalue weighted by Crippen LogP contribution is 2.18. The second-order valence-corrected chi connectivity index (χ2v) is 5.07. The van der Waals surface area contributed by atoms with Crippen molar-refractivity contribution in [3.05, 3.63) is 0 Å². The van der Waals surface area contributed by atoms with Gasteiger partial charge >= 0.3 is 0 Å². The van der Waals surface area contributed by atoms with Gasteiger partial charge in [-0.3, -0.25) is 9.59 Å². The summed E-state index contributed by atoms with van der Waals surface area (Å²) in [5.74, 6) is -0.0371. The minimum Gasteiger partial charge on any atom is -0.368 e. The number of likely N-dealkylation sites (tertiary alicyclic amines) is 1. The maximum absolute atomic E-state index is 12.1. The molecule has 102 valence electrons. The van der Waals surface area contributed by atoms with Crippen LogP contribution in [0, 0.1) is 0 Å². The number of rotatable bonds is 3. The van der Waals surface area contributed by atoms with Gasteiger partial charge in [0.1, 0.15) is 12.0 Å². The summed E-state index contributed by atoms with van der Waals surface area (Å²) >= 11 is 5.44. The lowest BCUT2D eigenvalue weighted by atomic mass is 10.0. The van der Waals surface area contributed by atoms with Crippen molar-refractivity contribution in [2.24, 2.45) is 0 Å². The molecule has 1 unspecified atom stereocenters. The first-order chi connectivity index (χ1) is 8.70. The fourth-order valence-electron chi connectivity index (χ4n) is 2.49. The van der Waals surface area contributed by atoms with Crippen LogP contribution < -0.4 is 5.32 Å². The molecule has 1 N–H and O–H groups in total. The Morgan fingerprint density at radius 2 is 2.00 bits per heavy atom. The quantitative estimate of drug-likeness (QED) is 0.763. The normalized spacial score (nSPS) is 25.2. The van der Waals surface area contributed by atoms with E-state index in [0.717, 1.165) is 25.7 Å². The third-order valence-corrected chi connectivity index (χ3v) is 3.74. The van der Waals surface area contributed by atoms with E-state index in [1.165, 1.54) is 0 Å². The maximum atomic E-state index is 12.1. The Balaban J connectivity index is 1.75. The lowest BCUT2D eigenvalue weighted by Crippen LogP contribution is -2.49. The van der Waals surface area contributed by atoms with E-state index >= 15 is 0 Å². The first-order valence-electron chi connectivity index (χ1n) is 6.46. The molecule has 0 spiro atoms. The number of piperidine rings is 1. The third kappa shape index (κ3) is 3.36. The Labute approximate surface area is 112 Å². The van der Waals surface area contributed by atoms with Gasteiger partial charge in [0.25, 0.3) is 5.91 Å². The Morgan fingerprint density at radius 1 is 1.28 bits per heavy atom. The SMILES string of the molecule is O=C(CCl)NC1CCN(C(=O)C2CCCO2)CC1. The number of hydrogen-bond acceptors (Lipinski definition) is 3. The van der Waals surface area contributed by atoms with Crippen molar-refractivity contribution in [1.82, 2.24) is 10.2 Å². The van der Waals surface area contributed by atoms with Gasteiger partial charge in [0, 0.05) is 25.7 Å². The molecule has 0 aromatic carbocycles. The predicted molar refractivity (Wildman–Crippen MR) is 67.4 cm³/mol. The average molecular weight is 275 g/mol. The van der Waals surface area contributed by atoms with E-state index in [9.17, 15) is 9.59 Å². The first-order valence-corrected chi connectivity index (χ1v) is 7.00. The molecule has 2 aliphatic heterocycles. The van der Waals surface area contributed by atoms with Gasteiger partial charge in [-0.15, -0.1) is 11.6 Å². The molecule has 2 fully saturated rings. The summed E-state index contributed by atoms with van der Waals surface area (Å²) in [6, 6.07) is 0.143. The number of nitrogens with one attached hydrogen (secondary N) is 1. The van der Waals surface area contributed by atoms with E-state index in [1.54, 1.807) is 0 Å². The van der Waals surface area contributed by atoms with Crippen LogP contribution in [0.4, 0.5) is 0 Å². The van der Waals surface area contributed by atoms with Crippen LogP contribution in [-0.2, 0) is 14.3 Å². The number of carbonyl (C=O) groups is 2. The summed E-state index contributed by atoms with van der Waals surface area (Å²) < 4.78 is 5.40. The van der Waals surface area contributed by atoms with Crippen LogP contribution in [0.2, 0.25) is 0 Å². The van der Waals surface area contributed by atoms with Crippen molar-refractivity contribution in [2.75, 3.05) is 25.6 Å². The van der Waals surface area contributed by atoms with Gasteiger partial charge in [0.15, 0.2) is 0 Å². The van der Waals surface area contributed by atoms with Gasteiger partial charge in [0.05, 0.1) is 0 Å². The summed E-state index contributed by atoms with van der Waals surface area (Å²) in [7, 11) is 0. The molecule has 0 aromatic heterocycles. The minimum atomic E-state index is -0.237. The zero-order valence-electron chi connectivity index (χ0n) is 10.4. The highest BCUT2D eigenvalue weighted by Gasteiger charge is 2.30. The molecular weight excluding hydrogens is 256 g/mol. The van der Waals surface area contributed by atoms with Gasteiger partial charge in [0.2, 0.25) is 5.91 Å². The molecule has 2 rings (SSSR count). The summed E-state index contributed by atoms with van der Waals surface area (Å²) in [5.41, 5.74) is 0. The number of nitrogens with zero attached hydrogens (tertiary/aromatic N) is 1. The van der Waals surface area contributed by atoms with E-state index in [2.05, 4.69) is 5.32 Å². The standard InChI is InChI=1S/C12H19ClN2O3/c13-8-11(16)14-9-3-5-15(6-4-9)12(17)10-2-1-7-18-10/h9-10H,1-8H2,(H,14,16). The molecule has 0 saturated carbocycles. The molecule has 0 radical (unpaired) electrons. The number of halogens is 1. The van der Waals surface area contributed by atoms with Crippen LogP contribution in [0.3, 0.4) is 0 Å². The Hall–Kier alpha value is -0.810. The lowest BCUT2D eigenvalue weighted by molar-refractivity contribution is -0.142. The molecule has 2 amide bonds. The van der Waals surface area contributed by atoms with Crippen molar-refractivity contribution in [3.63, 3.8) is 0 Å². The van der Waals surface area contributed by atoms with E-state index in [0.29, 0.717) is 19.7 Å². The van der Waals surface area contributed by atoms with Crippen molar-refractivity contribution in [2.45, 2.75) is 37.8 Å². The molecule has 2 heterocycles. The molecule has 0 aromatic rings. The summed E-state index contributed by atoms with van der Waals surface area (Å²) in [6.07, 6.45) is 3.15. The van der Waals surface area contributed by atoms with Crippen LogP contribution >= 0.6 is 11.6 Å². The van der Waals surface area contributed by atoms with Gasteiger partial charge < -0.3 is 15.0 Å². The number of ether oxygens (including phenoxy) is 1. The average Bonchev–Trinajstić information content (AvgIpc) is 2.92. The Kier molecular flexibility index (Phi) is 4.83. The van der Waals surface area contributed by atoms with Crippen LogP contribution in [-0.4, -0.2) is 54.4 Å². The molecule has 2 aliphatic rings. The summed E-state index contributed by atoms with van der Waals surface area (Å²) in [5, 5.41) is 2.86. The lowest BCUT2D eigenvalue weighted by Gasteiger charge is -2.33. The molecule has 0 bridgehead atoms. The highest BCUT2D eigenvalue weighted by atomic mass is 35.5. The van der Waals surface area contributed by atoms with Gasteiger partial charge in [-0.2, -0.15) is 0 Å². The monoisotopic (exact) mass is 274 g/mol. The topological polar surface area (TPSA) is 58.6 Å². The Morgan fingerprint density at radius 3 is 2.56 bits per heavy atom. The maximum Gasteiger partial charge on any atom is 0.251 e. The van der Waals surface area contributed by atoms with Crippen LogP contribution in [0.1, 0.15) is 25.7 Å². The van der Waals surface area contributed by atoms with E-state index in [4.69, 9.17) is 16.3 Å². The van der Waals surface area contributed by atoms with E-state index in [-0.39, 0.29) is 29.8 Å². The zero-order valence-corrected chi connectivity index (χ0v) is 11.1. The van der Waals surface area contributed by atoms with E-state index < -0.39 is 0 Å². The number of carbonyl (C=O) groups excluding carboxylic acids is 2. The van der Waals surface area contributed by atoms with Crippen molar-refractivity contribution < 1.29 is 14.3 Å². The van der Waals surface area contributed by atoms with E-state index in [1.807, 2.05) is 4.90 Å². The number of hydrogen-bond donors (Lipinski definition) is 1. The fraction of sp³-hybridized carbons (Fsp3) is 0.833. The van der Waals surface area contributed by atoms with Gasteiger partial charge in [-0.1, -0.05) is 0 Å². The third-order valence-electron chi connectivity index (χ3n) is 3.50. The predicted octanol–water partition coefficient (Wildman–Crippen LogP) is 0.511. The summed E-state index contributed by atoms with van der Waals surface area (Å²) in [4.78, 5) is 25.1. The zero-order chi connectivity index (χ0) is 13.0. The van der Waals surface area contributed by atoms with Gasteiger partial charge in [-0.05, 0) is 25.7 Å². The summed E-state index contributed by atoms with van der Waals surface area (Å²) in [6.45, 7) is 2.07. The van der Waals surface area contributed by atoms with Gasteiger partial charge in [-0.25, -0.2) is 0 Å². The first kappa shape index (κ1) is 13.6. The van der Waals surface area contributed by atoms with Crippen LogP contribution in [0.5, 0.6) is 0 Å². The molecule has 2 saturated heterocycles. The van der Waals surface area contributed by atoms with Crippen molar-refractivity contribution in [1.29, 1.82) is 0 Å². The van der Waals surface area contributed by atoms with Crippen LogP contribution in [0.15, 0.2) is 0 Å². The van der Waals surface area contributed by atoms with Crippen molar-refractivity contribution in [3.8, 4) is 0 Å². The number of alkyl halides is 1. The highest BCUT2D eigenvalue weighted by molar-refractivity contribution is 6.27. The largest absolute Gasteiger partial charge is 0.368 e. The minimum absolute atomic E-state index is 0.00490. The molecule has 1 atom stereocenters. The second-order valence-electron chi connectivity index (χ2n) is 4.80. The number of amides is 2. The molecule has 5 nitrogen and oxygen atoms in total. The van der Waals surface area contributed by atoms with Crippen LogP contribution in [0.25, 0.3) is 0 Å². The second kappa shape index (κ2) is 6.38.